The van der Waals surface area contributed by atoms with Crippen LogP contribution in [0.25, 0.3) is 0 Å². The molecule has 5 heteroatoms. The summed E-state index contributed by atoms with van der Waals surface area (Å²) in [5, 5.41) is 0.934. The first-order valence-electron chi connectivity index (χ1n) is 5.63. The predicted octanol–water partition coefficient (Wildman–Crippen LogP) is 3.62. The van der Waals surface area contributed by atoms with Crippen molar-refractivity contribution in [1.29, 1.82) is 0 Å². The van der Waals surface area contributed by atoms with Crippen LogP contribution < -0.4 is 5.73 Å². The van der Waals surface area contributed by atoms with Crippen molar-refractivity contribution in [2.24, 2.45) is 5.73 Å². The second-order valence-corrected chi connectivity index (χ2v) is 6.32. The van der Waals surface area contributed by atoms with Gasteiger partial charge in [-0.2, -0.15) is 0 Å². The Morgan fingerprint density at radius 2 is 2.06 bits per heavy atom. The minimum Gasteiger partial charge on any atom is -0.328 e. The van der Waals surface area contributed by atoms with Gasteiger partial charge in [-0.1, -0.05) is 30.1 Å². The van der Waals surface area contributed by atoms with Gasteiger partial charge in [0.15, 0.2) is 0 Å². The summed E-state index contributed by atoms with van der Waals surface area (Å²) in [6.45, 7) is 2.06. The van der Waals surface area contributed by atoms with Crippen LogP contribution in [-0.2, 0) is 10.8 Å². The van der Waals surface area contributed by atoms with Crippen LogP contribution in [-0.4, -0.2) is 16.0 Å². The zero-order valence-electron chi connectivity index (χ0n) is 9.79. The molecule has 0 spiro atoms. The maximum absolute atomic E-state index is 11.9. The molecule has 0 saturated carbocycles. The Morgan fingerprint density at radius 3 is 2.65 bits per heavy atom. The van der Waals surface area contributed by atoms with Crippen LogP contribution in [0.15, 0.2) is 23.1 Å². The largest absolute Gasteiger partial charge is 0.328 e. The lowest BCUT2D eigenvalue weighted by molar-refractivity contribution is 0.586. The van der Waals surface area contributed by atoms with Crippen molar-refractivity contribution in [3.8, 4) is 0 Å². The molecule has 0 amide bonds. The number of halogens is 2. The smallest absolute Gasteiger partial charge is 0.0604 e. The van der Waals surface area contributed by atoms with Crippen LogP contribution in [0.3, 0.4) is 0 Å². The molecular weight excluding hydrogens is 277 g/mol. The molecule has 96 valence electrons. The van der Waals surface area contributed by atoms with E-state index in [4.69, 9.17) is 28.9 Å². The molecule has 0 bridgehead atoms. The monoisotopic (exact) mass is 293 g/mol. The average molecular weight is 294 g/mol. The first-order valence-corrected chi connectivity index (χ1v) is 7.71. The van der Waals surface area contributed by atoms with Crippen molar-refractivity contribution in [3.05, 3.63) is 28.2 Å². The Morgan fingerprint density at radius 1 is 1.35 bits per heavy atom. The van der Waals surface area contributed by atoms with E-state index in [0.29, 0.717) is 15.8 Å². The van der Waals surface area contributed by atoms with E-state index < -0.39 is 10.8 Å². The SMILES string of the molecule is CCC(N)CCCS(=O)c1ccc(Cl)c(Cl)c1. The number of rotatable bonds is 6. The van der Waals surface area contributed by atoms with E-state index in [0.717, 1.165) is 24.2 Å². The van der Waals surface area contributed by atoms with E-state index in [2.05, 4.69) is 6.92 Å². The maximum atomic E-state index is 11.9. The molecule has 1 rings (SSSR count). The van der Waals surface area contributed by atoms with Gasteiger partial charge in [-0.3, -0.25) is 4.21 Å². The van der Waals surface area contributed by atoms with Gasteiger partial charge in [0.2, 0.25) is 0 Å². The van der Waals surface area contributed by atoms with Crippen molar-refractivity contribution in [2.75, 3.05) is 5.75 Å². The molecule has 2 N–H and O–H groups in total. The van der Waals surface area contributed by atoms with Crippen LogP contribution in [0.4, 0.5) is 0 Å². The Hall–Kier alpha value is -0.0900. The molecular formula is C12H17Cl2NOS. The molecule has 0 saturated heterocycles. The Kier molecular flexibility index (Phi) is 6.49. The number of nitrogens with two attached hydrogens (primary N) is 1. The van der Waals surface area contributed by atoms with E-state index in [1.54, 1.807) is 18.2 Å². The minimum absolute atomic E-state index is 0.209. The van der Waals surface area contributed by atoms with Crippen LogP contribution in [0.2, 0.25) is 10.0 Å². The zero-order chi connectivity index (χ0) is 12.8. The third-order valence-electron chi connectivity index (χ3n) is 2.58. The second kappa shape index (κ2) is 7.37. The lowest BCUT2D eigenvalue weighted by Gasteiger charge is -2.08. The van der Waals surface area contributed by atoms with Gasteiger partial charge in [-0.25, -0.2) is 0 Å². The van der Waals surface area contributed by atoms with Crippen molar-refractivity contribution < 1.29 is 4.21 Å². The molecule has 0 aliphatic carbocycles. The summed E-state index contributed by atoms with van der Waals surface area (Å²) in [7, 11) is -1.02. The van der Waals surface area contributed by atoms with Crippen molar-refractivity contribution in [3.63, 3.8) is 0 Å². The lowest BCUT2D eigenvalue weighted by Crippen LogP contribution is -2.19. The molecule has 0 aliphatic rings. The minimum atomic E-state index is -1.02. The van der Waals surface area contributed by atoms with Gasteiger partial charge in [0.05, 0.1) is 20.8 Å². The molecule has 0 fully saturated rings. The molecule has 0 heterocycles. The third kappa shape index (κ3) is 4.96. The molecule has 0 radical (unpaired) electrons. The number of hydrogen-bond acceptors (Lipinski definition) is 2. The molecule has 0 aliphatic heterocycles. The van der Waals surface area contributed by atoms with E-state index in [1.165, 1.54) is 0 Å². The quantitative estimate of drug-likeness (QED) is 0.870. The van der Waals surface area contributed by atoms with Gasteiger partial charge in [0.25, 0.3) is 0 Å². The Bertz CT molecular complexity index is 398. The Labute approximate surface area is 115 Å². The number of benzene rings is 1. The van der Waals surface area contributed by atoms with Gasteiger partial charge in [0.1, 0.15) is 0 Å². The summed E-state index contributed by atoms with van der Waals surface area (Å²) in [5.41, 5.74) is 5.80. The van der Waals surface area contributed by atoms with Gasteiger partial charge >= 0.3 is 0 Å². The van der Waals surface area contributed by atoms with Crippen LogP contribution >= 0.6 is 23.2 Å². The fourth-order valence-corrected chi connectivity index (χ4v) is 2.91. The molecule has 17 heavy (non-hydrogen) atoms. The fourth-order valence-electron chi connectivity index (χ4n) is 1.42. The summed E-state index contributed by atoms with van der Waals surface area (Å²) in [6.07, 6.45) is 2.73. The van der Waals surface area contributed by atoms with Crippen molar-refractivity contribution in [2.45, 2.75) is 37.1 Å². The second-order valence-electron chi connectivity index (χ2n) is 3.94. The summed E-state index contributed by atoms with van der Waals surface area (Å²) in [6, 6.07) is 5.31. The predicted molar refractivity (Wildman–Crippen MR) is 75.2 cm³/mol. The molecule has 2 nitrogen and oxygen atoms in total. The standard InChI is InChI=1S/C12H17Cl2NOS/c1-2-9(15)4-3-7-17(16)10-5-6-11(13)12(14)8-10/h5-6,8-9H,2-4,7,15H2,1H3. The first kappa shape index (κ1) is 15.0. The van der Waals surface area contributed by atoms with E-state index in [-0.39, 0.29) is 6.04 Å². The molecule has 2 unspecified atom stereocenters. The molecule has 0 aromatic heterocycles. The third-order valence-corrected chi connectivity index (χ3v) is 4.76. The lowest BCUT2D eigenvalue weighted by atomic mass is 10.1. The normalized spacial score (nSPS) is 14.6. The highest BCUT2D eigenvalue weighted by Gasteiger charge is 2.07. The van der Waals surface area contributed by atoms with E-state index in [1.807, 2.05) is 0 Å². The van der Waals surface area contributed by atoms with Crippen LogP contribution in [0.5, 0.6) is 0 Å². The summed E-state index contributed by atoms with van der Waals surface area (Å²) >= 11 is 11.7. The zero-order valence-corrected chi connectivity index (χ0v) is 12.1. The van der Waals surface area contributed by atoms with Crippen molar-refractivity contribution >= 4 is 34.0 Å². The average Bonchev–Trinajstić information content (AvgIpc) is 2.32. The van der Waals surface area contributed by atoms with Gasteiger partial charge in [-0.05, 0) is 37.5 Å². The van der Waals surface area contributed by atoms with E-state index in [9.17, 15) is 4.21 Å². The van der Waals surface area contributed by atoms with Crippen LogP contribution in [0, 0.1) is 0 Å². The molecule has 2 atom stereocenters. The highest BCUT2D eigenvalue weighted by Crippen LogP contribution is 2.24. The molecule has 1 aromatic rings. The first-order chi connectivity index (χ1) is 8.04. The maximum Gasteiger partial charge on any atom is 0.0604 e. The van der Waals surface area contributed by atoms with Crippen LogP contribution in [0.1, 0.15) is 26.2 Å². The Balaban J connectivity index is 2.50. The topological polar surface area (TPSA) is 43.1 Å². The summed E-state index contributed by atoms with van der Waals surface area (Å²) < 4.78 is 11.9. The fraction of sp³-hybridized carbons (Fsp3) is 0.500. The summed E-state index contributed by atoms with van der Waals surface area (Å²) in [4.78, 5) is 0.726. The highest BCUT2D eigenvalue weighted by atomic mass is 35.5. The van der Waals surface area contributed by atoms with Gasteiger partial charge in [0, 0.05) is 16.7 Å². The summed E-state index contributed by atoms with van der Waals surface area (Å²) in [5.74, 6) is 0.617. The highest BCUT2D eigenvalue weighted by molar-refractivity contribution is 7.85. The van der Waals surface area contributed by atoms with Crippen molar-refractivity contribution in [1.82, 2.24) is 0 Å². The van der Waals surface area contributed by atoms with E-state index >= 15 is 0 Å². The van der Waals surface area contributed by atoms with Gasteiger partial charge in [-0.15, -0.1) is 0 Å². The van der Waals surface area contributed by atoms with Gasteiger partial charge < -0.3 is 5.73 Å². The number of hydrogen-bond donors (Lipinski definition) is 1. The molecule has 1 aromatic carbocycles.